The number of hydrogen-bond donors (Lipinski definition) is 1. The maximum atomic E-state index is 11.2. The van der Waals surface area contributed by atoms with Gasteiger partial charge in [0, 0.05) is 18.9 Å². The summed E-state index contributed by atoms with van der Waals surface area (Å²) in [6.45, 7) is 0.536. The number of aromatic nitrogens is 2. The zero-order valence-corrected chi connectivity index (χ0v) is 9.75. The van der Waals surface area contributed by atoms with E-state index in [4.69, 9.17) is 0 Å². The van der Waals surface area contributed by atoms with Crippen LogP contribution in [0, 0.1) is 5.92 Å². The van der Waals surface area contributed by atoms with Gasteiger partial charge >= 0.3 is 6.09 Å². The summed E-state index contributed by atoms with van der Waals surface area (Å²) in [5.74, 6) is 0.882. The Bertz CT molecular complexity index is 363. The van der Waals surface area contributed by atoms with E-state index in [0.29, 0.717) is 18.3 Å². The summed E-state index contributed by atoms with van der Waals surface area (Å²) in [6.07, 6.45) is 9.53. The number of rotatable bonds is 3. The number of hydrogen-bond acceptors (Lipinski definition) is 3. The maximum Gasteiger partial charge on any atom is 0.413 e. The fraction of sp³-hybridized carbons (Fsp3) is 0.583. The van der Waals surface area contributed by atoms with E-state index < -0.39 is 6.09 Å². The molecule has 0 spiro atoms. The van der Waals surface area contributed by atoms with Gasteiger partial charge < -0.3 is 5.11 Å². The van der Waals surface area contributed by atoms with E-state index in [-0.39, 0.29) is 0 Å². The first-order valence-electron chi connectivity index (χ1n) is 6.04. The topological polar surface area (TPSA) is 66.3 Å². The first kappa shape index (κ1) is 11.8. The van der Waals surface area contributed by atoms with Crippen LogP contribution >= 0.6 is 0 Å². The second-order valence-corrected chi connectivity index (χ2v) is 4.46. The quantitative estimate of drug-likeness (QED) is 0.874. The van der Waals surface area contributed by atoms with Gasteiger partial charge in [0.15, 0.2) is 5.82 Å². The molecule has 1 saturated carbocycles. The minimum atomic E-state index is -0.948. The van der Waals surface area contributed by atoms with Gasteiger partial charge in [0.1, 0.15) is 0 Å². The van der Waals surface area contributed by atoms with Crippen LogP contribution in [0.5, 0.6) is 0 Å². The summed E-state index contributed by atoms with van der Waals surface area (Å²) < 4.78 is 0. The summed E-state index contributed by atoms with van der Waals surface area (Å²) in [6, 6.07) is 0. The van der Waals surface area contributed by atoms with Gasteiger partial charge in [-0.15, -0.1) is 0 Å². The van der Waals surface area contributed by atoms with Gasteiger partial charge in [-0.1, -0.05) is 19.3 Å². The van der Waals surface area contributed by atoms with Crippen molar-refractivity contribution in [2.75, 3.05) is 11.4 Å². The minimum Gasteiger partial charge on any atom is -0.465 e. The summed E-state index contributed by atoms with van der Waals surface area (Å²) in [7, 11) is 0. The molecule has 0 aromatic carbocycles. The molecule has 0 saturated heterocycles. The zero-order chi connectivity index (χ0) is 12.1. The Hall–Kier alpha value is -1.65. The van der Waals surface area contributed by atoms with Crippen molar-refractivity contribution in [3.8, 4) is 0 Å². The number of carbonyl (C=O) groups is 1. The lowest BCUT2D eigenvalue weighted by Gasteiger charge is -2.26. The van der Waals surface area contributed by atoms with Crippen LogP contribution in [0.4, 0.5) is 10.6 Å². The van der Waals surface area contributed by atoms with Crippen molar-refractivity contribution < 1.29 is 9.90 Å². The molecule has 1 aromatic rings. The molecule has 1 heterocycles. The van der Waals surface area contributed by atoms with Crippen molar-refractivity contribution in [3.05, 3.63) is 18.6 Å². The van der Waals surface area contributed by atoms with Gasteiger partial charge in [0.25, 0.3) is 0 Å². The van der Waals surface area contributed by atoms with E-state index >= 15 is 0 Å². The highest BCUT2D eigenvalue weighted by molar-refractivity contribution is 5.84. The molecule has 0 bridgehead atoms. The highest BCUT2D eigenvalue weighted by Crippen LogP contribution is 2.25. The summed E-state index contributed by atoms with van der Waals surface area (Å²) in [4.78, 5) is 20.5. The number of amides is 1. The highest BCUT2D eigenvalue weighted by atomic mass is 16.4. The third kappa shape index (κ3) is 3.15. The lowest BCUT2D eigenvalue weighted by atomic mass is 9.89. The Kier molecular flexibility index (Phi) is 3.90. The third-order valence-corrected chi connectivity index (χ3v) is 3.22. The monoisotopic (exact) mass is 235 g/mol. The Balaban J connectivity index is 2.05. The molecular formula is C12H17N3O2. The van der Waals surface area contributed by atoms with E-state index in [1.54, 1.807) is 6.20 Å². The molecule has 1 N–H and O–H groups in total. The number of nitrogens with zero attached hydrogens (tertiary/aromatic N) is 3. The molecule has 0 radical (unpaired) electrons. The normalized spacial score (nSPS) is 16.7. The summed E-state index contributed by atoms with van der Waals surface area (Å²) >= 11 is 0. The Morgan fingerprint density at radius 2 is 2.12 bits per heavy atom. The van der Waals surface area contributed by atoms with Gasteiger partial charge in [0.2, 0.25) is 0 Å². The first-order chi connectivity index (χ1) is 8.27. The lowest BCUT2D eigenvalue weighted by molar-refractivity contribution is 0.198. The largest absolute Gasteiger partial charge is 0.465 e. The fourth-order valence-corrected chi connectivity index (χ4v) is 2.33. The summed E-state index contributed by atoms with van der Waals surface area (Å²) in [5.41, 5.74) is 0. The molecular weight excluding hydrogens is 218 g/mol. The standard InChI is InChI=1S/C12H17N3O2/c16-12(17)15(11-8-13-6-7-14-11)9-10-4-2-1-3-5-10/h6-8,10H,1-5,9H2,(H,16,17). The zero-order valence-electron chi connectivity index (χ0n) is 9.75. The molecule has 0 atom stereocenters. The van der Waals surface area contributed by atoms with E-state index in [1.165, 1.54) is 36.6 Å². The van der Waals surface area contributed by atoms with Crippen LogP contribution in [0.15, 0.2) is 18.6 Å². The van der Waals surface area contributed by atoms with Gasteiger partial charge in [0.05, 0.1) is 6.20 Å². The van der Waals surface area contributed by atoms with E-state index in [1.807, 2.05) is 0 Å². The van der Waals surface area contributed by atoms with Crippen molar-refractivity contribution >= 4 is 11.9 Å². The average molecular weight is 235 g/mol. The van der Waals surface area contributed by atoms with Crippen molar-refractivity contribution in [1.29, 1.82) is 0 Å². The van der Waals surface area contributed by atoms with E-state index in [2.05, 4.69) is 9.97 Å². The molecule has 5 nitrogen and oxygen atoms in total. The summed E-state index contributed by atoms with van der Waals surface area (Å²) in [5, 5.41) is 9.22. The Labute approximate surface area is 100 Å². The Morgan fingerprint density at radius 3 is 2.71 bits per heavy atom. The molecule has 17 heavy (non-hydrogen) atoms. The van der Waals surface area contributed by atoms with E-state index in [0.717, 1.165) is 12.8 Å². The van der Waals surface area contributed by atoms with Crippen molar-refractivity contribution in [3.63, 3.8) is 0 Å². The average Bonchev–Trinajstić information content (AvgIpc) is 2.38. The van der Waals surface area contributed by atoms with Crippen LogP contribution in [-0.4, -0.2) is 27.7 Å². The van der Waals surface area contributed by atoms with Crippen LogP contribution < -0.4 is 4.90 Å². The highest BCUT2D eigenvalue weighted by Gasteiger charge is 2.22. The number of carboxylic acid groups (broad SMARTS) is 1. The molecule has 1 amide bonds. The molecule has 0 aliphatic heterocycles. The van der Waals surface area contributed by atoms with Crippen molar-refractivity contribution in [2.24, 2.45) is 5.92 Å². The van der Waals surface area contributed by atoms with Crippen LogP contribution in [0.3, 0.4) is 0 Å². The molecule has 1 aliphatic carbocycles. The molecule has 2 rings (SSSR count). The predicted molar refractivity (Wildman–Crippen MR) is 64.0 cm³/mol. The molecule has 1 fully saturated rings. The van der Waals surface area contributed by atoms with Crippen molar-refractivity contribution in [2.45, 2.75) is 32.1 Å². The van der Waals surface area contributed by atoms with Gasteiger partial charge in [-0.25, -0.2) is 9.78 Å². The minimum absolute atomic E-state index is 0.422. The molecule has 1 aromatic heterocycles. The van der Waals surface area contributed by atoms with Gasteiger partial charge in [-0.2, -0.15) is 0 Å². The second-order valence-electron chi connectivity index (χ2n) is 4.46. The van der Waals surface area contributed by atoms with Gasteiger partial charge in [-0.05, 0) is 18.8 Å². The fourth-order valence-electron chi connectivity index (χ4n) is 2.33. The molecule has 92 valence electrons. The second kappa shape index (κ2) is 5.61. The van der Waals surface area contributed by atoms with Crippen LogP contribution in [0.1, 0.15) is 32.1 Å². The third-order valence-electron chi connectivity index (χ3n) is 3.22. The van der Waals surface area contributed by atoms with E-state index in [9.17, 15) is 9.90 Å². The molecule has 1 aliphatic rings. The molecule has 5 heteroatoms. The van der Waals surface area contributed by atoms with Crippen LogP contribution in [0.25, 0.3) is 0 Å². The first-order valence-corrected chi connectivity index (χ1v) is 6.04. The lowest BCUT2D eigenvalue weighted by Crippen LogP contribution is -2.35. The SMILES string of the molecule is O=C(O)N(CC1CCCCC1)c1cnccn1. The Morgan fingerprint density at radius 1 is 1.35 bits per heavy atom. The maximum absolute atomic E-state index is 11.2. The predicted octanol–water partition coefficient (Wildman–Crippen LogP) is 2.54. The molecule has 0 unspecified atom stereocenters. The van der Waals surface area contributed by atoms with Crippen molar-refractivity contribution in [1.82, 2.24) is 9.97 Å². The van der Waals surface area contributed by atoms with Gasteiger partial charge in [-0.3, -0.25) is 9.88 Å². The smallest absolute Gasteiger partial charge is 0.413 e. The van der Waals surface area contributed by atoms with Crippen LogP contribution in [-0.2, 0) is 0 Å². The van der Waals surface area contributed by atoms with Crippen LogP contribution in [0.2, 0.25) is 0 Å². The number of anilines is 1.